The second-order valence-electron chi connectivity index (χ2n) is 6.65. The van der Waals surface area contributed by atoms with E-state index < -0.39 is 16.0 Å². The lowest BCUT2D eigenvalue weighted by atomic mass is 10.2. The number of hydrogen-bond donors (Lipinski definition) is 2. The van der Waals surface area contributed by atoms with E-state index in [-0.39, 0.29) is 28.9 Å². The van der Waals surface area contributed by atoms with Gasteiger partial charge in [0.05, 0.1) is 16.2 Å². The molecule has 9 nitrogen and oxygen atoms in total. The van der Waals surface area contributed by atoms with Crippen LogP contribution in [0.5, 0.6) is 0 Å². The van der Waals surface area contributed by atoms with Gasteiger partial charge in [-0.05, 0) is 36.4 Å². The van der Waals surface area contributed by atoms with E-state index in [1.807, 2.05) is 0 Å². The number of aromatic nitrogens is 1. The van der Waals surface area contributed by atoms with Crippen LogP contribution in [0.2, 0.25) is 0 Å². The Morgan fingerprint density at radius 1 is 1.24 bits per heavy atom. The fourth-order valence-corrected chi connectivity index (χ4v) is 5.94. The molecule has 2 aromatic heterocycles. The van der Waals surface area contributed by atoms with Crippen molar-refractivity contribution in [3.8, 4) is 11.3 Å². The number of nitrogens with one attached hydrogen (secondary N) is 1. The molecule has 170 valence electrons. The molecule has 1 saturated heterocycles. The fourth-order valence-electron chi connectivity index (χ4n) is 2.86. The number of thiazole rings is 1. The van der Waals surface area contributed by atoms with Crippen molar-refractivity contribution < 1.29 is 27.5 Å². The van der Waals surface area contributed by atoms with Crippen LogP contribution in [0, 0.1) is 0 Å². The highest BCUT2D eigenvalue weighted by Crippen LogP contribution is 2.34. The molecule has 1 aliphatic heterocycles. The number of carboxylic acids is 1. The maximum atomic E-state index is 12.5. The number of rotatable bonds is 8. The summed E-state index contributed by atoms with van der Waals surface area (Å²) in [6.07, 6.45) is 2.85. The van der Waals surface area contributed by atoms with Gasteiger partial charge in [0.2, 0.25) is 0 Å². The zero-order valence-electron chi connectivity index (χ0n) is 16.6. The predicted molar refractivity (Wildman–Crippen MR) is 129 cm³/mol. The molecule has 0 atom stereocenters. The molecule has 2 N–H and O–H groups in total. The first kappa shape index (κ1) is 23.2. The van der Waals surface area contributed by atoms with Crippen molar-refractivity contribution in [2.45, 2.75) is 11.3 Å². The number of carboxylic acid groups (broad SMARTS) is 1. The van der Waals surface area contributed by atoms with Crippen LogP contribution >= 0.6 is 35.3 Å². The number of benzene rings is 1. The number of amides is 1. The number of carbonyl (C=O) groups excluding carboxylic acids is 1. The maximum absolute atomic E-state index is 12.5. The molecule has 1 aromatic carbocycles. The summed E-state index contributed by atoms with van der Waals surface area (Å²) in [6.45, 7) is 0.00735. The Kier molecular flexibility index (Phi) is 6.65. The lowest BCUT2D eigenvalue weighted by Crippen LogP contribution is -2.30. The van der Waals surface area contributed by atoms with E-state index in [9.17, 15) is 18.0 Å². The number of carbonyl (C=O) groups is 2. The molecule has 1 fully saturated rings. The Bertz CT molecular complexity index is 1340. The minimum atomic E-state index is -3.76. The van der Waals surface area contributed by atoms with E-state index >= 15 is 0 Å². The summed E-state index contributed by atoms with van der Waals surface area (Å²) in [5.41, 5.74) is 0.650. The summed E-state index contributed by atoms with van der Waals surface area (Å²) >= 11 is 7.43. The van der Waals surface area contributed by atoms with E-state index in [0.29, 0.717) is 26.3 Å². The van der Waals surface area contributed by atoms with Gasteiger partial charge >= 0.3 is 5.97 Å². The fraction of sp³-hybridized carbons (Fsp3) is 0.100. The molecule has 0 radical (unpaired) electrons. The van der Waals surface area contributed by atoms with Gasteiger partial charge in [0.1, 0.15) is 15.8 Å². The zero-order valence-corrected chi connectivity index (χ0v) is 19.9. The van der Waals surface area contributed by atoms with Crippen LogP contribution in [0.15, 0.2) is 62.2 Å². The van der Waals surface area contributed by atoms with Crippen molar-refractivity contribution >= 4 is 72.7 Å². The van der Waals surface area contributed by atoms with Gasteiger partial charge in [-0.25, -0.2) is 13.4 Å². The van der Waals surface area contributed by atoms with Gasteiger partial charge in [-0.3, -0.25) is 19.2 Å². The van der Waals surface area contributed by atoms with E-state index in [0.717, 1.165) is 11.8 Å². The molecular weight excluding hydrogens is 507 g/mol. The number of nitrogens with zero attached hydrogens (tertiary/aromatic N) is 2. The molecule has 0 aliphatic carbocycles. The van der Waals surface area contributed by atoms with Gasteiger partial charge in [0.25, 0.3) is 15.9 Å². The molecule has 4 rings (SSSR count). The van der Waals surface area contributed by atoms with Crippen LogP contribution < -0.4 is 4.72 Å². The summed E-state index contributed by atoms with van der Waals surface area (Å²) in [7, 11) is -3.76. The highest BCUT2D eigenvalue weighted by molar-refractivity contribution is 8.26. The van der Waals surface area contributed by atoms with Crippen molar-refractivity contribution in [3.05, 3.63) is 58.6 Å². The van der Waals surface area contributed by atoms with Crippen molar-refractivity contribution in [1.29, 1.82) is 0 Å². The molecule has 3 heterocycles. The number of furan rings is 1. The molecule has 33 heavy (non-hydrogen) atoms. The minimum absolute atomic E-state index is 0.00735. The SMILES string of the molecule is O=C(O)CCN1C(=O)/C(=C/c2ccc(-c3ccc(S(=O)(=O)Nc4nccs4)cc3)o2)SC1=S. The molecular formula is C20H15N3O6S4. The van der Waals surface area contributed by atoms with Crippen molar-refractivity contribution in [2.24, 2.45) is 0 Å². The minimum Gasteiger partial charge on any atom is -0.481 e. The van der Waals surface area contributed by atoms with Gasteiger partial charge in [0.15, 0.2) is 5.13 Å². The Morgan fingerprint density at radius 3 is 2.67 bits per heavy atom. The highest BCUT2D eigenvalue weighted by atomic mass is 32.2. The van der Waals surface area contributed by atoms with Crippen molar-refractivity contribution in [2.75, 3.05) is 11.3 Å². The third-order valence-corrected chi connectivity index (χ3v) is 7.98. The Labute approximate surface area is 202 Å². The molecule has 13 heteroatoms. The van der Waals surface area contributed by atoms with E-state index in [4.69, 9.17) is 21.7 Å². The summed E-state index contributed by atoms with van der Waals surface area (Å²) < 4.78 is 33.4. The second kappa shape index (κ2) is 9.47. The maximum Gasteiger partial charge on any atom is 0.305 e. The van der Waals surface area contributed by atoms with Gasteiger partial charge in [-0.2, -0.15) is 0 Å². The van der Waals surface area contributed by atoms with Gasteiger partial charge in [0, 0.05) is 29.8 Å². The van der Waals surface area contributed by atoms with Crippen LogP contribution in [0.3, 0.4) is 0 Å². The second-order valence-corrected chi connectivity index (χ2v) is 10.9. The smallest absolute Gasteiger partial charge is 0.305 e. The molecule has 0 bridgehead atoms. The first-order chi connectivity index (χ1) is 15.7. The summed E-state index contributed by atoms with van der Waals surface area (Å²) in [5, 5.41) is 10.8. The lowest BCUT2D eigenvalue weighted by Gasteiger charge is -2.12. The summed E-state index contributed by atoms with van der Waals surface area (Å²) in [5.74, 6) is -0.488. The number of anilines is 1. The van der Waals surface area contributed by atoms with Gasteiger partial charge in [-0.15, -0.1) is 11.3 Å². The number of sulfonamides is 1. The topological polar surface area (TPSA) is 130 Å². The highest BCUT2D eigenvalue weighted by Gasteiger charge is 2.32. The number of thiocarbonyl (C=S) groups is 1. The standard InChI is InChI=1S/C20H15N3O6S4/c24-17(25)7-9-23-18(26)16(32-20(23)30)11-13-3-6-15(29-13)12-1-4-14(5-2-12)33(27,28)22-19-21-8-10-31-19/h1-6,8,10-11H,7,9H2,(H,21,22)(H,24,25)/b16-11-. The average molecular weight is 522 g/mol. The average Bonchev–Trinajstić information content (AvgIpc) is 3.49. The van der Waals surface area contributed by atoms with Crippen LogP contribution in [0.4, 0.5) is 5.13 Å². The Morgan fingerprint density at radius 2 is 2.00 bits per heavy atom. The molecule has 1 aliphatic rings. The lowest BCUT2D eigenvalue weighted by molar-refractivity contribution is -0.137. The summed E-state index contributed by atoms with van der Waals surface area (Å²) in [4.78, 5) is 28.9. The number of thioether (sulfide) groups is 1. The first-order valence-corrected chi connectivity index (χ1v) is 12.9. The number of hydrogen-bond acceptors (Lipinski definition) is 9. The Hall–Kier alpha value is -3.00. The molecule has 0 saturated carbocycles. The van der Waals surface area contributed by atoms with Crippen LogP contribution in [-0.4, -0.2) is 46.1 Å². The third kappa shape index (κ3) is 5.33. The first-order valence-electron chi connectivity index (χ1n) is 9.33. The van der Waals surface area contributed by atoms with Crippen LogP contribution in [-0.2, 0) is 19.6 Å². The van der Waals surface area contributed by atoms with Crippen molar-refractivity contribution in [3.63, 3.8) is 0 Å². The largest absolute Gasteiger partial charge is 0.481 e. The number of aliphatic carboxylic acids is 1. The summed E-state index contributed by atoms with van der Waals surface area (Å²) in [6, 6.07) is 9.53. The quantitative estimate of drug-likeness (QED) is 0.335. The predicted octanol–water partition coefficient (Wildman–Crippen LogP) is 3.88. The van der Waals surface area contributed by atoms with Gasteiger partial charge < -0.3 is 9.52 Å². The van der Waals surface area contributed by atoms with Crippen LogP contribution in [0.1, 0.15) is 12.2 Å². The normalized spacial score (nSPS) is 15.4. The molecule has 3 aromatic rings. The Balaban J connectivity index is 1.48. The van der Waals surface area contributed by atoms with E-state index in [1.165, 1.54) is 34.6 Å². The van der Waals surface area contributed by atoms with E-state index in [2.05, 4.69) is 9.71 Å². The van der Waals surface area contributed by atoms with E-state index in [1.54, 1.807) is 35.7 Å². The molecule has 0 spiro atoms. The monoisotopic (exact) mass is 521 g/mol. The molecule has 0 unspecified atom stereocenters. The zero-order chi connectivity index (χ0) is 23.6. The van der Waals surface area contributed by atoms with Crippen molar-refractivity contribution in [1.82, 2.24) is 9.88 Å². The third-order valence-electron chi connectivity index (χ3n) is 4.43. The molecule has 1 amide bonds. The van der Waals surface area contributed by atoms with Gasteiger partial charge in [-0.1, -0.05) is 24.0 Å². The van der Waals surface area contributed by atoms with Crippen LogP contribution in [0.25, 0.3) is 17.4 Å².